The molecular weight excluding hydrogens is 310 g/mol. The fourth-order valence-corrected chi connectivity index (χ4v) is 5.46. The van der Waals surface area contributed by atoms with Crippen molar-refractivity contribution < 1.29 is 0 Å². The largest absolute Gasteiger partial charge is 0.398 e. The predicted octanol–water partition coefficient (Wildman–Crippen LogP) is 5.95. The lowest BCUT2D eigenvalue weighted by Gasteiger charge is -2.26. The van der Waals surface area contributed by atoms with Crippen molar-refractivity contribution in [3.05, 3.63) is 64.8 Å². The van der Waals surface area contributed by atoms with E-state index in [4.69, 9.17) is 5.73 Å². The van der Waals surface area contributed by atoms with Crippen LogP contribution in [-0.4, -0.2) is 5.75 Å². The minimum atomic E-state index is 0.913. The molecule has 0 amide bonds. The topological polar surface area (TPSA) is 26.0 Å². The number of nitrogen functional groups attached to an aromatic ring is 1. The second-order valence-electron chi connectivity index (χ2n) is 6.88. The molecule has 1 heterocycles. The smallest absolute Gasteiger partial charge is 0.0405 e. The molecule has 3 aliphatic rings. The van der Waals surface area contributed by atoms with Crippen LogP contribution in [0.2, 0.25) is 0 Å². The van der Waals surface area contributed by atoms with Gasteiger partial charge in [0, 0.05) is 21.9 Å². The van der Waals surface area contributed by atoms with Gasteiger partial charge in [-0.2, -0.15) is 0 Å². The molecule has 0 spiro atoms. The Labute approximate surface area is 147 Å². The summed E-state index contributed by atoms with van der Waals surface area (Å²) in [4.78, 5) is 1.37. The van der Waals surface area contributed by atoms with E-state index in [2.05, 4.69) is 42.5 Å². The molecule has 24 heavy (non-hydrogen) atoms. The number of rotatable bonds is 1. The lowest BCUT2D eigenvalue weighted by molar-refractivity contribution is 0.831. The van der Waals surface area contributed by atoms with Crippen LogP contribution in [0.3, 0.4) is 0 Å². The monoisotopic (exact) mass is 331 g/mol. The third-order valence-electron chi connectivity index (χ3n) is 5.54. The minimum Gasteiger partial charge on any atom is -0.398 e. The second-order valence-corrected chi connectivity index (χ2v) is 8.02. The molecule has 0 radical (unpaired) electrons. The van der Waals surface area contributed by atoms with Crippen LogP contribution in [0.15, 0.2) is 48.1 Å². The van der Waals surface area contributed by atoms with Crippen LogP contribution in [0, 0.1) is 0 Å². The Bertz CT molecular complexity index is 946. The molecule has 1 aliphatic heterocycles. The van der Waals surface area contributed by atoms with Crippen molar-refractivity contribution in [2.24, 2.45) is 0 Å². The third kappa shape index (κ3) is 2.09. The number of aryl methyl sites for hydroxylation is 1. The maximum Gasteiger partial charge on any atom is 0.0405 e. The fourth-order valence-electron chi connectivity index (χ4n) is 4.40. The van der Waals surface area contributed by atoms with E-state index in [-0.39, 0.29) is 0 Å². The molecule has 0 aromatic heterocycles. The molecular formula is C22H21NS. The lowest BCUT2D eigenvalue weighted by Crippen LogP contribution is -2.07. The molecule has 0 saturated heterocycles. The predicted molar refractivity (Wildman–Crippen MR) is 107 cm³/mol. The molecule has 2 aromatic rings. The summed E-state index contributed by atoms with van der Waals surface area (Å²) >= 11 is 1.94. The first kappa shape index (κ1) is 14.4. The van der Waals surface area contributed by atoms with Crippen molar-refractivity contribution >= 4 is 38.7 Å². The number of anilines is 1. The van der Waals surface area contributed by atoms with Gasteiger partial charge in [0.05, 0.1) is 0 Å². The number of thioether (sulfide) groups is 1. The van der Waals surface area contributed by atoms with Gasteiger partial charge in [0.25, 0.3) is 0 Å². The Kier molecular flexibility index (Phi) is 3.34. The first-order valence-corrected chi connectivity index (χ1v) is 9.88. The Balaban J connectivity index is 1.77. The maximum atomic E-state index is 6.37. The molecule has 0 atom stereocenters. The Morgan fingerprint density at radius 3 is 2.71 bits per heavy atom. The van der Waals surface area contributed by atoms with Gasteiger partial charge in [0.2, 0.25) is 0 Å². The van der Waals surface area contributed by atoms with E-state index in [1.807, 2.05) is 11.8 Å². The quantitative estimate of drug-likeness (QED) is 0.653. The van der Waals surface area contributed by atoms with E-state index in [9.17, 15) is 0 Å². The summed E-state index contributed by atoms with van der Waals surface area (Å²) in [5.41, 5.74) is 14.6. The molecule has 2 N–H and O–H groups in total. The van der Waals surface area contributed by atoms with E-state index in [1.54, 1.807) is 5.57 Å². The normalized spacial score (nSPS) is 19.4. The van der Waals surface area contributed by atoms with Crippen LogP contribution in [0.4, 0.5) is 5.69 Å². The highest BCUT2D eigenvalue weighted by Gasteiger charge is 2.22. The molecule has 120 valence electrons. The molecule has 0 fully saturated rings. The van der Waals surface area contributed by atoms with Crippen molar-refractivity contribution in [3.8, 4) is 0 Å². The van der Waals surface area contributed by atoms with Crippen molar-refractivity contribution in [2.75, 3.05) is 11.5 Å². The van der Waals surface area contributed by atoms with Crippen LogP contribution in [0.25, 0.3) is 21.3 Å². The van der Waals surface area contributed by atoms with Crippen LogP contribution in [0.1, 0.15) is 42.4 Å². The zero-order valence-electron chi connectivity index (χ0n) is 13.8. The highest BCUT2D eigenvalue weighted by atomic mass is 32.2. The van der Waals surface area contributed by atoms with Gasteiger partial charge in [-0.05, 0) is 65.6 Å². The van der Waals surface area contributed by atoms with Gasteiger partial charge in [-0.15, -0.1) is 11.8 Å². The van der Waals surface area contributed by atoms with Gasteiger partial charge in [-0.25, -0.2) is 0 Å². The van der Waals surface area contributed by atoms with Crippen LogP contribution in [0.5, 0.6) is 0 Å². The first-order chi connectivity index (χ1) is 11.8. The third-order valence-corrected chi connectivity index (χ3v) is 6.66. The molecule has 0 unspecified atom stereocenters. The summed E-state index contributed by atoms with van der Waals surface area (Å²) in [6.45, 7) is 0. The Morgan fingerprint density at radius 2 is 1.83 bits per heavy atom. The van der Waals surface area contributed by atoms with E-state index < -0.39 is 0 Å². The number of hydrogen-bond acceptors (Lipinski definition) is 2. The lowest BCUT2D eigenvalue weighted by atomic mass is 9.79. The molecule has 2 aromatic carbocycles. The molecule has 2 aliphatic carbocycles. The van der Waals surface area contributed by atoms with Crippen LogP contribution in [-0.2, 0) is 6.42 Å². The van der Waals surface area contributed by atoms with Crippen molar-refractivity contribution in [2.45, 2.75) is 32.1 Å². The summed E-state index contributed by atoms with van der Waals surface area (Å²) in [6, 6.07) is 8.99. The number of nitrogens with two attached hydrogens (primary N) is 1. The van der Waals surface area contributed by atoms with Crippen molar-refractivity contribution in [3.63, 3.8) is 0 Å². The van der Waals surface area contributed by atoms with Crippen molar-refractivity contribution in [1.29, 1.82) is 0 Å². The number of benzene rings is 2. The summed E-state index contributed by atoms with van der Waals surface area (Å²) in [5, 5.41) is 2.73. The van der Waals surface area contributed by atoms with E-state index in [1.165, 1.54) is 63.0 Å². The average molecular weight is 331 g/mol. The number of hydrogen-bond donors (Lipinski definition) is 1. The van der Waals surface area contributed by atoms with Gasteiger partial charge in [0.1, 0.15) is 0 Å². The molecule has 5 rings (SSSR count). The highest BCUT2D eigenvalue weighted by molar-refractivity contribution is 8.08. The van der Waals surface area contributed by atoms with Gasteiger partial charge in [-0.3, -0.25) is 0 Å². The van der Waals surface area contributed by atoms with E-state index in [0.717, 1.165) is 18.5 Å². The molecule has 0 bridgehead atoms. The number of fused-ring (bicyclic) bond motifs is 4. The van der Waals surface area contributed by atoms with E-state index >= 15 is 0 Å². The maximum absolute atomic E-state index is 6.37. The van der Waals surface area contributed by atoms with Gasteiger partial charge >= 0.3 is 0 Å². The summed E-state index contributed by atoms with van der Waals surface area (Å²) in [6.07, 6.45) is 13.0. The van der Waals surface area contributed by atoms with E-state index in [0.29, 0.717) is 0 Å². The summed E-state index contributed by atoms with van der Waals surface area (Å²) < 4.78 is 0. The van der Waals surface area contributed by atoms with Gasteiger partial charge in [-0.1, -0.05) is 42.0 Å². The zero-order valence-corrected chi connectivity index (χ0v) is 14.6. The fraction of sp³-hybridized carbons (Fsp3) is 0.273. The Morgan fingerprint density at radius 1 is 0.917 bits per heavy atom. The Hall–Kier alpha value is -1.93. The first-order valence-electron chi connectivity index (χ1n) is 8.89. The van der Waals surface area contributed by atoms with Gasteiger partial charge < -0.3 is 5.73 Å². The van der Waals surface area contributed by atoms with Gasteiger partial charge in [0.15, 0.2) is 0 Å². The number of allylic oxidation sites excluding steroid dienone is 5. The highest BCUT2D eigenvalue weighted by Crippen LogP contribution is 2.44. The summed E-state index contributed by atoms with van der Waals surface area (Å²) in [5.74, 6) is 1.18. The van der Waals surface area contributed by atoms with Crippen molar-refractivity contribution in [1.82, 2.24) is 0 Å². The van der Waals surface area contributed by atoms with Crippen LogP contribution >= 0.6 is 11.8 Å². The second kappa shape index (κ2) is 5.56. The zero-order chi connectivity index (χ0) is 16.1. The standard InChI is InChI=1S/C22H21NS/c23-20-12-11-18-17-8-7-14-4-1-2-5-15(14)16(17)9-10-19(18)22(20)21-6-3-13-24-21/h2,5-6,9-12H,1,3-4,7-8,13,23H2. The molecule has 1 nitrogen and oxygen atoms in total. The average Bonchev–Trinajstić information content (AvgIpc) is 3.15. The summed E-state index contributed by atoms with van der Waals surface area (Å²) in [7, 11) is 0. The molecule has 2 heteroatoms. The SMILES string of the molecule is Nc1ccc2c3c(ccc2c1C1=CCCS1)C1=C(CCC=C1)CC3. The molecule has 0 saturated carbocycles. The minimum absolute atomic E-state index is 0.913. The van der Waals surface area contributed by atoms with Crippen LogP contribution < -0.4 is 5.73 Å².